The Labute approximate surface area is 173 Å². The number of rotatable bonds is 6. The van der Waals surface area contributed by atoms with Gasteiger partial charge in [0, 0.05) is 5.92 Å². The van der Waals surface area contributed by atoms with Crippen LogP contribution in [0.1, 0.15) is 48.6 Å². The van der Waals surface area contributed by atoms with E-state index in [1.54, 1.807) is 0 Å². The number of aliphatic hydroxyl groups excluding tert-OH is 1. The number of halogens is 1. The van der Waals surface area contributed by atoms with E-state index in [0.29, 0.717) is 12.5 Å². The summed E-state index contributed by atoms with van der Waals surface area (Å²) in [5.74, 6) is 2.47. The molecule has 1 N–H and O–H groups in total. The van der Waals surface area contributed by atoms with Crippen LogP contribution in [-0.4, -0.2) is 27.4 Å². The zero-order valence-corrected chi connectivity index (χ0v) is 17.4. The summed E-state index contributed by atoms with van der Waals surface area (Å²) in [6.07, 6.45) is 4.35. The highest BCUT2D eigenvalue weighted by Gasteiger charge is 2.24. The molecule has 5 heteroatoms. The lowest BCUT2D eigenvalue weighted by atomic mass is 10.1. The number of ether oxygens (including phenoxy) is 1. The van der Waals surface area contributed by atoms with Crippen LogP contribution in [0.4, 0.5) is 0 Å². The fourth-order valence-corrected chi connectivity index (χ4v) is 4.19. The first-order valence-electron chi connectivity index (χ1n) is 9.95. The Kier molecular flexibility index (Phi) is 6.63. The molecule has 1 heterocycles. The molecule has 0 amide bonds. The van der Waals surface area contributed by atoms with Crippen molar-refractivity contribution in [2.24, 2.45) is 0 Å². The van der Waals surface area contributed by atoms with Crippen molar-refractivity contribution in [1.82, 2.24) is 9.55 Å². The number of hydrogen-bond donors (Lipinski definition) is 1. The van der Waals surface area contributed by atoms with Crippen LogP contribution in [0.15, 0.2) is 42.5 Å². The Morgan fingerprint density at radius 1 is 1.14 bits per heavy atom. The van der Waals surface area contributed by atoms with Gasteiger partial charge in [0.05, 0.1) is 17.6 Å². The molecule has 28 heavy (non-hydrogen) atoms. The number of para-hydroxylation sites is 2. The van der Waals surface area contributed by atoms with Gasteiger partial charge in [-0.2, -0.15) is 0 Å². The maximum absolute atomic E-state index is 10.7. The Hall–Kier alpha value is -2.04. The van der Waals surface area contributed by atoms with E-state index < -0.39 is 6.10 Å². The lowest BCUT2D eigenvalue weighted by Crippen LogP contribution is -2.25. The number of nitrogens with zero attached hydrogens (tertiary/aromatic N) is 2. The molecule has 150 valence electrons. The van der Waals surface area contributed by atoms with Gasteiger partial charge in [-0.05, 0) is 50.5 Å². The number of aromatic nitrogens is 2. The molecule has 2 aromatic carbocycles. The van der Waals surface area contributed by atoms with Crippen molar-refractivity contribution in [3.8, 4) is 5.75 Å². The highest BCUT2D eigenvalue weighted by Crippen LogP contribution is 2.35. The molecule has 1 saturated carbocycles. The Morgan fingerprint density at radius 2 is 1.89 bits per heavy atom. The molecular weight excluding hydrogens is 372 g/mol. The van der Waals surface area contributed by atoms with Crippen LogP contribution in [0.25, 0.3) is 11.0 Å². The Morgan fingerprint density at radius 3 is 2.64 bits per heavy atom. The number of fused-ring (bicyclic) bond motifs is 1. The van der Waals surface area contributed by atoms with Gasteiger partial charge in [0.15, 0.2) is 0 Å². The molecule has 3 aromatic rings. The average Bonchev–Trinajstić information content (AvgIpc) is 3.29. The lowest BCUT2D eigenvalue weighted by molar-refractivity contribution is 0.0921. The molecule has 1 unspecified atom stereocenters. The zero-order chi connectivity index (χ0) is 18.8. The maximum Gasteiger partial charge on any atom is 0.122 e. The van der Waals surface area contributed by atoms with Crippen molar-refractivity contribution in [3.05, 3.63) is 59.4 Å². The van der Waals surface area contributed by atoms with E-state index in [2.05, 4.69) is 29.7 Å². The van der Waals surface area contributed by atoms with E-state index >= 15 is 0 Å². The number of benzene rings is 2. The minimum Gasteiger partial charge on any atom is -0.491 e. The van der Waals surface area contributed by atoms with E-state index in [-0.39, 0.29) is 19.0 Å². The molecule has 4 nitrogen and oxygen atoms in total. The van der Waals surface area contributed by atoms with Gasteiger partial charge < -0.3 is 14.4 Å². The quantitative estimate of drug-likeness (QED) is 0.620. The molecule has 4 rings (SSSR count). The second-order valence-electron chi connectivity index (χ2n) is 7.78. The van der Waals surface area contributed by atoms with Crippen molar-refractivity contribution in [1.29, 1.82) is 0 Å². The van der Waals surface area contributed by atoms with Crippen LogP contribution in [-0.2, 0) is 6.54 Å². The Bertz CT molecular complexity index is 931. The first-order chi connectivity index (χ1) is 13.1. The van der Waals surface area contributed by atoms with Crippen LogP contribution < -0.4 is 4.74 Å². The molecule has 1 aromatic heterocycles. The topological polar surface area (TPSA) is 47.3 Å². The number of hydrogen-bond acceptors (Lipinski definition) is 3. The van der Waals surface area contributed by atoms with Gasteiger partial charge in [-0.1, -0.05) is 42.7 Å². The van der Waals surface area contributed by atoms with Crippen LogP contribution >= 0.6 is 12.4 Å². The fourth-order valence-electron chi connectivity index (χ4n) is 4.19. The van der Waals surface area contributed by atoms with E-state index in [4.69, 9.17) is 9.72 Å². The van der Waals surface area contributed by atoms with Gasteiger partial charge >= 0.3 is 0 Å². The average molecular weight is 401 g/mol. The van der Waals surface area contributed by atoms with Gasteiger partial charge in [-0.15, -0.1) is 12.4 Å². The first kappa shape index (κ1) is 20.7. The molecule has 0 spiro atoms. The van der Waals surface area contributed by atoms with Gasteiger partial charge in [-0.3, -0.25) is 0 Å². The number of aryl methyl sites for hydroxylation is 2. The summed E-state index contributed by atoms with van der Waals surface area (Å²) in [6, 6.07) is 14.3. The molecule has 1 aliphatic carbocycles. The van der Waals surface area contributed by atoms with Crippen molar-refractivity contribution in [2.75, 3.05) is 6.61 Å². The molecule has 0 radical (unpaired) electrons. The fraction of sp³-hybridized carbons (Fsp3) is 0.435. The van der Waals surface area contributed by atoms with E-state index in [1.807, 2.05) is 31.2 Å². The third kappa shape index (κ3) is 4.34. The molecule has 1 fully saturated rings. The van der Waals surface area contributed by atoms with Crippen molar-refractivity contribution in [3.63, 3.8) is 0 Å². The summed E-state index contributed by atoms with van der Waals surface area (Å²) >= 11 is 0. The van der Waals surface area contributed by atoms with Gasteiger partial charge in [0.2, 0.25) is 0 Å². The first-order valence-corrected chi connectivity index (χ1v) is 9.95. The molecule has 1 atom stereocenters. The van der Waals surface area contributed by atoms with Crippen LogP contribution in [0, 0.1) is 13.8 Å². The summed E-state index contributed by atoms with van der Waals surface area (Å²) in [6.45, 7) is 4.90. The highest BCUT2D eigenvalue weighted by atomic mass is 35.5. The third-order valence-electron chi connectivity index (χ3n) is 5.56. The molecule has 0 aliphatic heterocycles. The van der Waals surface area contributed by atoms with Crippen molar-refractivity contribution < 1.29 is 9.84 Å². The minimum absolute atomic E-state index is 0. The molecule has 0 bridgehead atoms. The summed E-state index contributed by atoms with van der Waals surface area (Å²) in [5, 5.41) is 10.7. The van der Waals surface area contributed by atoms with Gasteiger partial charge in [0.1, 0.15) is 24.3 Å². The normalized spacial score (nSPS) is 15.5. The lowest BCUT2D eigenvalue weighted by Gasteiger charge is -2.18. The molecular formula is C23H29ClN2O2. The van der Waals surface area contributed by atoms with Crippen LogP contribution in [0.5, 0.6) is 5.75 Å². The second kappa shape index (κ2) is 8.97. The van der Waals surface area contributed by atoms with Crippen molar-refractivity contribution in [2.45, 2.75) is 58.1 Å². The summed E-state index contributed by atoms with van der Waals surface area (Å²) < 4.78 is 8.11. The maximum atomic E-state index is 10.7. The largest absolute Gasteiger partial charge is 0.491 e. The summed E-state index contributed by atoms with van der Waals surface area (Å²) in [5.41, 5.74) is 4.43. The predicted octanol–water partition coefficient (Wildman–Crippen LogP) is 5.17. The molecule has 0 saturated heterocycles. The van der Waals surface area contributed by atoms with Crippen molar-refractivity contribution >= 4 is 23.4 Å². The monoisotopic (exact) mass is 400 g/mol. The van der Waals surface area contributed by atoms with Crippen LogP contribution in [0.3, 0.4) is 0 Å². The zero-order valence-electron chi connectivity index (χ0n) is 16.6. The summed E-state index contributed by atoms with van der Waals surface area (Å²) in [4.78, 5) is 4.90. The smallest absolute Gasteiger partial charge is 0.122 e. The minimum atomic E-state index is -0.580. The van der Waals surface area contributed by atoms with Crippen LogP contribution in [0.2, 0.25) is 0 Å². The number of aliphatic hydroxyl groups is 1. The Balaban J connectivity index is 0.00000225. The van der Waals surface area contributed by atoms with Gasteiger partial charge in [-0.25, -0.2) is 4.98 Å². The van der Waals surface area contributed by atoms with E-state index in [1.165, 1.54) is 31.2 Å². The second-order valence-corrected chi connectivity index (χ2v) is 7.78. The van der Waals surface area contributed by atoms with E-state index in [0.717, 1.165) is 28.2 Å². The predicted molar refractivity (Wildman–Crippen MR) is 116 cm³/mol. The van der Waals surface area contributed by atoms with Gasteiger partial charge in [0.25, 0.3) is 0 Å². The number of imidazole rings is 1. The molecule has 1 aliphatic rings. The standard InChI is InChI=1S/C23H28N2O2.ClH/c1-16-11-12-22(17(2)13-16)27-15-19(26)14-25-21-10-6-5-9-20(21)24-23(25)18-7-3-4-8-18;/h5-6,9-13,18-19,26H,3-4,7-8,14-15H2,1-2H3;1H. The third-order valence-corrected chi connectivity index (χ3v) is 5.56. The highest BCUT2D eigenvalue weighted by molar-refractivity contribution is 5.85. The van der Waals surface area contributed by atoms with E-state index in [9.17, 15) is 5.11 Å². The summed E-state index contributed by atoms with van der Waals surface area (Å²) in [7, 11) is 0. The SMILES string of the molecule is Cc1ccc(OCC(O)Cn2c(C3CCCC3)nc3ccccc32)c(C)c1.Cl.